The number of carbonyl (C=O) groups is 2. The van der Waals surface area contributed by atoms with Crippen LogP contribution in [0, 0.1) is 3.57 Å². The first-order valence-electron chi connectivity index (χ1n) is 12.4. The highest BCUT2D eigenvalue weighted by Gasteiger charge is 2.34. The Morgan fingerprint density at radius 2 is 1.93 bits per heavy atom. The Kier molecular flexibility index (Phi) is 9.92. The van der Waals surface area contributed by atoms with Gasteiger partial charge in [0.1, 0.15) is 5.75 Å². The molecule has 0 aliphatic carbocycles. The number of esters is 2. The first kappa shape index (κ1) is 30.8. The number of hydrogen-bond donors (Lipinski definition) is 1. The summed E-state index contributed by atoms with van der Waals surface area (Å²) in [6.45, 7) is 5.34. The van der Waals surface area contributed by atoms with Crippen molar-refractivity contribution in [3.8, 4) is 17.2 Å². The molecule has 2 heterocycles. The number of phenols is 1. The number of phenolic OH excluding ortho intramolecular Hbond substituents is 1. The van der Waals surface area contributed by atoms with E-state index in [4.69, 9.17) is 14.2 Å². The Morgan fingerprint density at radius 3 is 2.59 bits per heavy atom. The second-order valence-corrected chi connectivity index (χ2v) is 11.7. The van der Waals surface area contributed by atoms with E-state index in [0.717, 1.165) is 0 Å². The number of aromatic hydroxyl groups is 1. The molecule has 0 amide bonds. The Bertz CT molecular complexity index is 1710. The van der Waals surface area contributed by atoms with Crippen LogP contribution in [0.4, 0.5) is 0 Å². The maximum atomic E-state index is 13.9. The van der Waals surface area contributed by atoms with Crippen molar-refractivity contribution in [2.45, 2.75) is 26.8 Å². The molecular formula is C28H26BrIN2O8S. The molecule has 13 heteroatoms. The molecule has 41 heavy (non-hydrogen) atoms. The fourth-order valence-electron chi connectivity index (χ4n) is 4.20. The van der Waals surface area contributed by atoms with Crippen molar-refractivity contribution in [2.24, 2.45) is 4.99 Å². The van der Waals surface area contributed by atoms with E-state index in [1.54, 1.807) is 57.2 Å². The molecule has 1 aliphatic rings. The van der Waals surface area contributed by atoms with Gasteiger partial charge in [-0.25, -0.2) is 14.6 Å². The van der Waals surface area contributed by atoms with Gasteiger partial charge in [-0.15, -0.1) is 0 Å². The molecule has 0 radical (unpaired) electrons. The molecule has 0 bridgehead atoms. The van der Waals surface area contributed by atoms with Crippen molar-refractivity contribution < 1.29 is 33.6 Å². The molecule has 4 rings (SSSR count). The third-order valence-corrected chi connectivity index (χ3v) is 8.42. The topological polar surface area (TPSA) is 126 Å². The lowest BCUT2D eigenvalue weighted by Crippen LogP contribution is -2.40. The van der Waals surface area contributed by atoms with Crippen LogP contribution < -0.4 is 24.4 Å². The van der Waals surface area contributed by atoms with Gasteiger partial charge in [-0.3, -0.25) is 9.36 Å². The smallest absolute Gasteiger partial charge is 0.343 e. The minimum absolute atomic E-state index is 0.114. The zero-order chi connectivity index (χ0) is 29.8. The maximum absolute atomic E-state index is 13.9. The molecule has 0 spiro atoms. The first-order chi connectivity index (χ1) is 19.6. The SMILES string of the molecule is CCOC(=O)C1=C(C)N=c2s/c(=C\c3cc(Br)c(O)c(I)c3)c(=O)n2[C@@H]1c1ccc(OCC(=O)OC)c(OCC)c1. The molecular weight excluding hydrogens is 731 g/mol. The predicted octanol–water partition coefficient (Wildman–Crippen LogP) is 3.82. The quantitative estimate of drug-likeness (QED) is 0.258. The minimum Gasteiger partial charge on any atom is -0.506 e. The molecule has 0 saturated carbocycles. The Labute approximate surface area is 261 Å². The number of nitrogens with zero attached hydrogens (tertiary/aromatic N) is 2. The van der Waals surface area contributed by atoms with E-state index in [1.807, 2.05) is 22.6 Å². The Morgan fingerprint density at radius 1 is 1.17 bits per heavy atom. The maximum Gasteiger partial charge on any atom is 0.343 e. The summed E-state index contributed by atoms with van der Waals surface area (Å²) in [6.07, 6.45) is 1.71. The van der Waals surface area contributed by atoms with E-state index in [0.29, 0.717) is 52.3 Å². The summed E-state index contributed by atoms with van der Waals surface area (Å²) < 4.78 is 24.4. The summed E-state index contributed by atoms with van der Waals surface area (Å²) in [5, 5.41) is 10.1. The van der Waals surface area contributed by atoms with Crippen LogP contribution in [-0.2, 0) is 19.1 Å². The van der Waals surface area contributed by atoms with Gasteiger partial charge in [-0.2, -0.15) is 0 Å². The Hall–Kier alpha value is -3.17. The second-order valence-electron chi connectivity index (χ2n) is 8.64. The van der Waals surface area contributed by atoms with Crippen molar-refractivity contribution in [1.29, 1.82) is 0 Å². The number of halogens is 2. The van der Waals surface area contributed by atoms with E-state index in [2.05, 4.69) is 25.7 Å². The van der Waals surface area contributed by atoms with Gasteiger partial charge in [-0.1, -0.05) is 17.4 Å². The zero-order valence-electron chi connectivity index (χ0n) is 22.5. The highest BCUT2D eigenvalue weighted by molar-refractivity contribution is 14.1. The number of fused-ring (bicyclic) bond motifs is 1. The van der Waals surface area contributed by atoms with E-state index in [1.165, 1.54) is 23.0 Å². The molecule has 1 atom stereocenters. The van der Waals surface area contributed by atoms with Crippen LogP contribution in [0.3, 0.4) is 0 Å². The van der Waals surface area contributed by atoms with Crippen LogP contribution in [0.2, 0.25) is 0 Å². The minimum atomic E-state index is -0.868. The number of ether oxygens (including phenoxy) is 4. The molecule has 0 saturated heterocycles. The zero-order valence-corrected chi connectivity index (χ0v) is 27.1. The molecule has 216 valence electrons. The van der Waals surface area contributed by atoms with Crippen molar-refractivity contribution in [3.05, 3.63) is 80.5 Å². The summed E-state index contributed by atoms with van der Waals surface area (Å²) in [6, 6.07) is 7.60. The van der Waals surface area contributed by atoms with Gasteiger partial charge in [0.05, 0.1) is 50.2 Å². The number of rotatable bonds is 9. The third kappa shape index (κ3) is 6.51. The highest BCUT2D eigenvalue weighted by Crippen LogP contribution is 2.36. The molecule has 1 aliphatic heterocycles. The van der Waals surface area contributed by atoms with Crippen LogP contribution in [-0.4, -0.2) is 48.5 Å². The van der Waals surface area contributed by atoms with Crippen molar-refractivity contribution in [2.75, 3.05) is 26.9 Å². The van der Waals surface area contributed by atoms with E-state index < -0.39 is 18.0 Å². The van der Waals surface area contributed by atoms with Crippen LogP contribution >= 0.6 is 49.9 Å². The van der Waals surface area contributed by atoms with Crippen LogP contribution in [0.1, 0.15) is 37.9 Å². The fraction of sp³-hybridized carbons (Fsp3) is 0.286. The van der Waals surface area contributed by atoms with Crippen LogP contribution in [0.5, 0.6) is 17.2 Å². The predicted molar refractivity (Wildman–Crippen MR) is 164 cm³/mol. The number of hydrogen-bond acceptors (Lipinski definition) is 10. The molecule has 1 aromatic heterocycles. The second kappa shape index (κ2) is 13.2. The van der Waals surface area contributed by atoms with Gasteiger partial charge in [0.25, 0.3) is 5.56 Å². The standard InChI is InChI=1S/C28H26BrIN2O8S/c1-5-38-20-12-16(7-8-19(20)40-13-22(33)37-4)24-23(27(36)39-6-2)14(3)31-28-32(24)26(35)21(41-28)11-15-9-17(29)25(34)18(30)10-15/h7-12,24,34H,5-6,13H2,1-4H3/b21-11-/t24-/m1/s1. The number of allylic oxidation sites excluding steroid dienone is 1. The Balaban J connectivity index is 1.91. The lowest BCUT2D eigenvalue weighted by molar-refractivity contribution is -0.143. The van der Waals surface area contributed by atoms with E-state index in [-0.39, 0.29) is 30.1 Å². The molecule has 1 N–H and O–H groups in total. The lowest BCUT2D eigenvalue weighted by atomic mass is 9.95. The van der Waals surface area contributed by atoms with Crippen molar-refractivity contribution in [1.82, 2.24) is 4.57 Å². The average Bonchev–Trinajstić information content (AvgIpc) is 3.24. The average molecular weight is 757 g/mol. The number of carbonyl (C=O) groups excluding carboxylic acids is 2. The summed E-state index contributed by atoms with van der Waals surface area (Å²) in [7, 11) is 1.26. The summed E-state index contributed by atoms with van der Waals surface area (Å²) in [5.74, 6) is -0.393. The number of benzene rings is 2. The molecule has 0 unspecified atom stereocenters. The summed E-state index contributed by atoms with van der Waals surface area (Å²) >= 11 is 6.54. The van der Waals surface area contributed by atoms with Gasteiger partial charge in [0, 0.05) is 0 Å². The number of thiazole rings is 1. The number of aromatic nitrogens is 1. The summed E-state index contributed by atoms with van der Waals surface area (Å²) in [4.78, 5) is 43.7. The molecule has 2 aromatic carbocycles. The van der Waals surface area contributed by atoms with Gasteiger partial charge in [0.15, 0.2) is 22.9 Å². The van der Waals surface area contributed by atoms with Gasteiger partial charge in [-0.05, 0) is 101 Å². The first-order valence-corrected chi connectivity index (χ1v) is 15.1. The fourth-order valence-corrected chi connectivity index (χ4v) is 6.75. The summed E-state index contributed by atoms with van der Waals surface area (Å²) in [5.41, 5.74) is 1.56. The number of methoxy groups -OCH3 is 1. The molecule has 10 nitrogen and oxygen atoms in total. The van der Waals surface area contributed by atoms with Gasteiger partial charge < -0.3 is 24.1 Å². The van der Waals surface area contributed by atoms with E-state index in [9.17, 15) is 19.5 Å². The lowest BCUT2D eigenvalue weighted by Gasteiger charge is -2.25. The monoisotopic (exact) mass is 756 g/mol. The highest BCUT2D eigenvalue weighted by atomic mass is 127. The largest absolute Gasteiger partial charge is 0.506 e. The molecule has 0 fully saturated rings. The van der Waals surface area contributed by atoms with Crippen molar-refractivity contribution in [3.63, 3.8) is 0 Å². The van der Waals surface area contributed by atoms with Crippen LogP contribution in [0.25, 0.3) is 6.08 Å². The van der Waals surface area contributed by atoms with Gasteiger partial charge >= 0.3 is 11.9 Å². The van der Waals surface area contributed by atoms with Crippen LogP contribution in [0.15, 0.2) is 55.9 Å². The molecule has 3 aromatic rings. The van der Waals surface area contributed by atoms with Crippen molar-refractivity contribution >= 4 is 67.9 Å². The van der Waals surface area contributed by atoms with E-state index >= 15 is 0 Å². The van der Waals surface area contributed by atoms with Gasteiger partial charge in [0.2, 0.25) is 0 Å². The third-order valence-electron chi connectivity index (χ3n) is 6.01. The normalized spacial score (nSPS) is 14.8.